The quantitative estimate of drug-likeness (QED) is 0.913. The molecule has 2 N–H and O–H groups in total. The summed E-state index contributed by atoms with van der Waals surface area (Å²) in [7, 11) is 0. The Morgan fingerprint density at radius 3 is 3.11 bits per heavy atom. The smallest absolute Gasteiger partial charge is 0.133 e. The third kappa shape index (κ3) is 2.15. The normalized spacial score (nSPS) is 20.2. The fourth-order valence-electron chi connectivity index (χ4n) is 2.80. The Bertz CT molecular complexity index is 576. The molecule has 0 fully saturated rings. The third-order valence-corrected chi connectivity index (χ3v) is 4.85. The number of hydrogen-bond acceptors (Lipinski definition) is 4. The maximum atomic E-state index is 6.08. The second kappa shape index (κ2) is 4.94. The van der Waals surface area contributed by atoms with E-state index in [2.05, 4.69) is 34.3 Å². The number of aromatic nitrogens is 1. The summed E-state index contributed by atoms with van der Waals surface area (Å²) in [6.07, 6.45) is 2.96. The van der Waals surface area contributed by atoms with E-state index in [-0.39, 0.29) is 6.04 Å². The largest absolute Gasteiger partial charge is 0.349 e. The van der Waals surface area contributed by atoms with Crippen LogP contribution in [-0.4, -0.2) is 11.5 Å². The van der Waals surface area contributed by atoms with E-state index >= 15 is 0 Å². The SMILES string of the molecule is CC1c2ccsc2CCN1c1ncccc1[C@@H](C)N. The van der Waals surface area contributed by atoms with E-state index in [9.17, 15) is 0 Å². The Morgan fingerprint density at radius 2 is 2.32 bits per heavy atom. The summed E-state index contributed by atoms with van der Waals surface area (Å²) < 4.78 is 0. The number of rotatable bonds is 2. The van der Waals surface area contributed by atoms with Gasteiger partial charge in [-0.25, -0.2) is 4.98 Å². The fourth-order valence-corrected chi connectivity index (χ4v) is 3.77. The van der Waals surface area contributed by atoms with E-state index in [0.29, 0.717) is 6.04 Å². The average Bonchev–Trinajstić information content (AvgIpc) is 2.88. The molecule has 4 heteroatoms. The minimum Gasteiger partial charge on any atom is -0.349 e. The zero-order valence-electron chi connectivity index (χ0n) is 11.3. The van der Waals surface area contributed by atoms with Crippen LogP contribution in [0.15, 0.2) is 29.8 Å². The van der Waals surface area contributed by atoms with Gasteiger partial charge in [0.05, 0.1) is 6.04 Å². The monoisotopic (exact) mass is 273 g/mol. The van der Waals surface area contributed by atoms with Crippen LogP contribution in [0.3, 0.4) is 0 Å². The lowest BCUT2D eigenvalue weighted by Gasteiger charge is -2.36. The van der Waals surface area contributed by atoms with Gasteiger partial charge < -0.3 is 10.6 Å². The molecule has 2 aromatic heterocycles. The highest BCUT2D eigenvalue weighted by Gasteiger charge is 2.27. The van der Waals surface area contributed by atoms with Gasteiger partial charge in [0.1, 0.15) is 5.82 Å². The van der Waals surface area contributed by atoms with Crippen LogP contribution in [0.5, 0.6) is 0 Å². The highest BCUT2D eigenvalue weighted by Crippen LogP contribution is 2.37. The van der Waals surface area contributed by atoms with Gasteiger partial charge in [0.25, 0.3) is 0 Å². The van der Waals surface area contributed by atoms with Crippen LogP contribution in [0, 0.1) is 0 Å². The first-order valence-corrected chi connectivity index (χ1v) is 7.60. The molecule has 3 nitrogen and oxygen atoms in total. The third-order valence-electron chi connectivity index (χ3n) is 3.86. The van der Waals surface area contributed by atoms with Crippen molar-refractivity contribution in [2.75, 3.05) is 11.4 Å². The van der Waals surface area contributed by atoms with Gasteiger partial charge in [-0.3, -0.25) is 0 Å². The van der Waals surface area contributed by atoms with Crippen molar-refractivity contribution in [3.63, 3.8) is 0 Å². The van der Waals surface area contributed by atoms with Gasteiger partial charge >= 0.3 is 0 Å². The molecule has 1 aliphatic heterocycles. The molecule has 0 aliphatic carbocycles. The number of nitrogens with zero attached hydrogens (tertiary/aromatic N) is 2. The van der Waals surface area contributed by atoms with Crippen LogP contribution >= 0.6 is 11.3 Å². The molecular formula is C15H19N3S. The Balaban J connectivity index is 2.00. The lowest BCUT2D eigenvalue weighted by molar-refractivity contribution is 0.617. The van der Waals surface area contributed by atoms with E-state index in [1.807, 2.05) is 30.5 Å². The molecule has 0 amide bonds. The van der Waals surface area contributed by atoms with Crippen molar-refractivity contribution >= 4 is 17.2 Å². The van der Waals surface area contributed by atoms with Gasteiger partial charge in [-0.2, -0.15) is 0 Å². The molecule has 0 radical (unpaired) electrons. The van der Waals surface area contributed by atoms with Gasteiger partial charge in [0.2, 0.25) is 0 Å². The maximum absolute atomic E-state index is 6.08. The van der Waals surface area contributed by atoms with Gasteiger partial charge in [-0.05, 0) is 43.3 Å². The van der Waals surface area contributed by atoms with E-state index < -0.39 is 0 Å². The summed E-state index contributed by atoms with van der Waals surface area (Å²) in [5.74, 6) is 1.04. The predicted molar refractivity (Wildman–Crippen MR) is 80.6 cm³/mol. The second-order valence-electron chi connectivity index (χ2n) is 5.12. The summed E-state index contributed by atoms with van der Waals surface area (Å²) in [5.41, 5.74) is 8.65. The van der Waals surface area contributed by atoms with E-state index in [1.54, 1.807) is 0 Å². The first-order valence-electron chi connectivity index (χ1n) is 6.72. The van der Waals surface area contributed by atoms with Crippen molar-refractivity contribution in [2.45, 2.75) is 32.4 Å². The number of thiophene rings is 1. The highest BCUT2D eigenvalue weighted by molar-refractivity contribution is 7.10. The minimum atomic E-state index is 0.0137. The molecule has 0 spiro atoms. The van der Waals surface area contributed by atoms with Crippen LogP contribution in [-0.2, 0) is 6.42 Å². The number of pyridine rings is 1. The summed E-state index contributed by atoms with van der Waals surface area (Å²) in [6, 6.07) is 6.68. The van der Waals surface area contributed by atoms with Crippen molar-refractivity contribution in [1.82, 2.24) is 4.98 Å². The number of hydrogen-bond donors (Lipinski definition) is 1. The van der Waals surface area contributed by atoms with Gasteiger partial charge in [-0.1, -0.05) is 6.07 Å². The molecule has 19 heavy (non-hydrogen) atoms. The molecule has 0 bridgehead atoms. The van der Waals surface area contributed by atoms with Crippen LogP contribution in [0.2, 0.25) is 0 Å². The predicted octanol–water partition coefficient (Wildman–Crippen LogP) is 3.29. The minimum absolute atomic E-state index is 0.0137. The van der Waals surface area contributed by atoms with E-state index in [4.69, 9.17) is 5.73 Å². The molecule has 0 aromatic carbocycles. The van der Waals surface area contributed by atoms with Gasteiger partial charge in [0.15, 0.2) is 0 Å². The summed E-state index contributed by atoms with van der Waals surface area (Å²) in [5, 5.41) is 2.19. The number of anilines is 1. The Kier molecular flexibility index (Phi) is 3.29. The number of fused-ring (bicyclic) bond motifs is 1. The Labute approximate surface area is 118 Å². The summed E-state index contributed by atoms with van der Waals surface area (Å²) in [6.45, 7) is 5.29. The standard InChI is InChI=1S/C15H19N3S/c1-10(16)12-4-3-7-17-15(12)18-8-5-14-13(11(18)2)6-9-19-14/h3-4,6-7,9-11H,5,8,16H2,1-2H3/t10-,11?/m1/s1. The van der Waals surface area contributed by atoms with Gasteiger partial charge in [0, 0.05) is 29.2 Å². The van der Waals surface area contributed by atoms with Crippen LogP contribution in [0.25, 0.3) is 0 Å². The molecule has 1 aliphatic rings. The van der Waals surface area contributed by atoms with E-state index in [0.717, 1.165) is 24.3 Å². The molecule has 1 unspecified atom stereocenters. The molecule has 3 heterocycles. The van der Waals surface area contributed by atoms with Crippen molar-refractivity contribution in [3.05, 3.63) is 45.8 Å². The highest BCUT2D eigenvalue weighted by atomic mass is 32.1. The Hall–Kier alpha value is -1.39. The topological polar surface area (TPSA) is 42.2 Å². The second-order valence-corrected chi connectivity index (χ2v) is 6.12. The Morgan fingerprint density at radius 1 is 1.47 bits per heavy atom. The molecule has 0 saturated heterocycles. The first kappa shape index (κ1) is 12.6. The molecular weight excluding hydrogens is 254 g/mol. The summed E-state index contributed by atoms with van der Waals surface area (Å²) >= 11 is 1.87. The zero-order valence-corrected chi connectivity index (χ0v) is 12.2. The van der Waals surface area contributed by atoms with Crippen LogP contribution in [0.1, 0.15) is 41.9 Å². The lowest BCUT2D eigenvalue weighted by atomic mass is 10.00. The van der Waals surface area contributed by atoms with Crippen LogP contribution in [0.4, 0.5) is 5.82 Å². The zero-order chi connectivity index (χ0) is 13.4. The van der Waals surface area contributed by atoms with E-state index in [1.165, 1.54) is 10.4 Å². The van der Waals surface area contributed by atoms with Crippen molar-refractivity contribution in [3.8, 4) is 0 Å². The average molecular weight is 273 g/mol. The molecule has 0 saturated carbocycles. The lowest BCUT2D eigenvalue weighted by Crippen LogP contribution is -2.35. The maximum Gasteiger partial charge on any atom is 0.133 e. The summed E-state index contributed by atoms with van der Waals surface area (Å²) in [4.78, 5) is 8.48. The number of nitrogens with two attached hydrogens (primary N) is 1. The van der Waals surface area contributed by atoms with Crippen molar-refractivity contribution < 1.29 is 0 Å². The van der Waals surface area contributed by atoms with Crippen LogP contribution < -0.4 is 10.6 Å². The van der Waals surface area contributed by atoms with Crippen molar-refractivity contribution in [2.24, 2.45) is 5.73 Å². The molecule has 3 rings (SSSR count). The van der Waals surface area contributed by atoms with Gasteiger partial charge in [-0.15, -0.1) is 11.3 Å². The van der Waals surface area contributed by atoms with Crippen molar-refractivity contribution in [1.29, 1.82) is 0 Å². The molecule has 100 valence electrons. The first-order chi connectivity index (χ1) is 9.18. The molecule has 2 aromatic rings. The molecule has 2 atom stereocenters. The fraction of sp³-hybridized carbons (Fsp3) is 0.400.